The van der Waals surface area contributed by atoms with Gasteiger partial charge in [-0.05, 0) is 32.0 Å². The van der Waals surface area contributed by atoms with Crippen LogP contribution in [0.5, 0.6) is 0 Å². The fourth-order valence-electron chi connectivity index (χ4n) is 1.88. The lowest BCUT2D eigenvalue weighted by atomic mass is 10.2. The summed E-state index contributed by atoms with van der Waals surface area (Å²) in [6, 6.07) is 6.67. The Hall–Kier alpha value is -2.52. The number of hydrogen-bond acceptors (Lipinski definition) is 4. The lowest BCUT2D eigenvalue weighted by Gasteiger charge is -2.08. The van der Waals surface area contributed by atoms with Crippen molar-refractivity contribution in [1.29, 1.82) is 5.26 Å². The topological polar surface area (TPSA) is 96.7 Å². The van der Waals surface area contributed by atoms with Crippen LogP contribution in [-0.4, -0.2) is 15.7 Å². The van der Waals surface area contributed by atoms with Crippen LogP contribution in [0.15, 0.2) is 18.2 Å². The van der Waals surface area contributed by atoms with E-state index in [1.807, 2.05) is 6.07 Å². The molecule has 1 amide bonds. The molecular weight excluding hydrogens is 290 g/mol. The molecule has 0 bridgehead atoms. The molecule has 0 aliphatic heterocycles. The lowest BCUT2D eigenvalue weighted by molar-refractivity contribution is -0.116. The Bertz CT molecular complexity index is 745. The van der Waals surface area contributed by atoms with Gasteiger partial charge in [0.1, 0.15) is 6.54 Å². The molecule has 21 heavy (non-hydrogen) atoms. The summed E-state index contributed by atoms with van der Waals surface area (Å²) in [7, 11) is 0. The minimum atomic E-state index is -0.294. The Balaban J connectivity index is 2.15. The molecule has 0 atom stereocenters. The Labute approximate surface area is 127 Å². The number of benzene rings is 1. The molecule has 0 spiro atoms. The van der Waals surface area contributed by atoms with Crippen LogP contribution < -0.4 is 11.1 Å². The SMILES string of the molecule is Cc1nn(CC(=O)Nc2cc(C#N)ccc2Cl)c(C)c1N. The Morgan fingerprint density at radius 3 is 2.81 bits per heavy atom. The van der Waals surface area contributed by atoms with E-state index in [0.29, 0.717) is 27.7 Å². The van der Waals surface area contributed by atoms with Crippen LogP contribution in [0.2, 0.25) is 5.02 Å². The Kier molecular flexibility index (Phi) is 4.15. The maximum absolute atomic E-state index is 12.1. The molecule has 0 saturated carbocycles. The number of nitrogens with one attached hydrogen (secondary N) is 1. The highest BCUT2D eigenvalue weighted by atomic mass is 35.5. The predicted octanol–water partition coefficient (Wildman–Crippen LogP) is 2.25. The number of aryl methyl sites for hydroxylation is 1. The number of nitrogens with two attached hydrogens (primary N) is 1. The van der Waals surface area contributed by atoms with Gasteiger partial charge in [0.15, 0.2) is 0 Å². The summed E-state index contributed by atoms with van der Waals surface area (Å²) in [6.45, 7) is 3.60. The van der Waals surface area contributed by atoms with Crippen LogP contribution in [0.4, 0.5) is 11.4 Å². The van der Waals surface area contributed by atoms with Crippen molar-refractivity contribution in [3.63, 3.8) is 0 Å². The minimum absolute atomic E-state index is 0.0248. The largest absolute Gasteiger partial charge is 0.396 e. The van der Waals surface area contributed by atoms with Gasteiger partial charge in [-0.3, -0.25) is 9.48 Å². The molecular formula is C14H14ClN5O. The Morgan fingerprint density at radius 2 is 2.24 bits per heavy atom. The number of carbonyl (C=O) groups is 1. The first kappa shape index (κ1) is 14.9. The molecule has 0 unspecified atom stereocenters. The molecule has 1 heterocycles. The van der Waals surface area contributed by atoms with E-state index in [0.717, 1.165) is 5.69 Å². The highest BCUT2D eigenvalue weighted by Gasteiger charge is 2.12. The molecule has 0 aliphatic rings. The van der Waals surface area contributed by atoms with Crippen molar-refractivity contribution >= 4 is 28.9 Å². The average Bonchev–Trinajstić information content (AvgIpc) is 2.68. The van der Waals surface area contributed by atoms with E-state index in [1.165, 1.54) is 10.7 Å². The van der Waals surface area contributed by atoms with Crippen molar-refractivity contribution in [2.75, 3.05) is 11.1 Å². The number of nitriles is 1. The number of rotatable bonds is 3. The first-order chi connectivity index (χ1) is 9.92. The van der Waals surface area contributed by atoms with Gasteiger partial charge in [-0.1, -0.05) is 11.6 Å². The maximum atomic E-state index is 12.1. The highest BCUT2D eigenvalue weighted by Crippen LogP contribution is 2.23. The first-order valence-corrected chi connectivity index (χ1v) is 6.59. The van der Waals surface area contributed by atoms with Gasteiger partial charge in [-0.2, -0.15) is 10.4 Å². The molecule has 2 rings (SSSR count). The van der Waals surface area contributed by atoms with Crippen molar-refractivity contribution in [1.82, 2.24) is 9.78 Å². The standard InChI is InChI=1S/C14H14ClN5O/c1-8-14(17)9(2)20(19-8)7-13(21)18-12-5-10(6-16)3-4-11(12)15/h3-5H,7,17H2,1-2H3,(H,18,21). The van der Waals surface area contributed by atoms with Crippen LogP contribution in [0.25, 0.3) is 0 Å². The number of anilines is 2. The summed E-state index contributed by atoms with van der Waals surface area (Å²) in [6.07, 6.45) is 0. The molecule has 0 fully saturated rings. The second kappa shape index (κ2) is 5.85. The number of nitrogen functional groups attached to an aromatic ring is 1. The molecule has 1 aromatic carbocycles. The maximum Gasteiger partial charge on any atom is 0.246 e. The summed E-state index contributed by atoms with van der Waals surface area (Å²) >= 11 is 5.99. The van der Waals surface area contributed by atoms with Crippen molar-refractivity contribution in [2.24, 2.45) is 0 Å². The van der Waals surface area contributed by atoms with E-state index < -0.39 is 0 Å². The van der Waals surface area contributed by atoms with Crippen LogP contribution in [0.3, 0.4) is 0 Å². The molecule has 0 aliphatic carbocycles. The van der Waals surface area contributed by atoms with Crippen molar-refractivity contribution in [3.8, 4) is 6.07 Å². The smallest absolute Gasteiger partial charge is 0.246 e. The van der Waals surface area contributed by atoms with Gasteiger partial charge in [0, 0.05) is 0 Å². The third kappa shape index (κ3) is 3.15. The number of halogens is 1. The second-order valence-corrected chi connectivity index (χ2v) is 5.00. The molecule has 3 N–H and O–H groups in total. The van der Waals surface area contributed by atoms with Crippen molar-refractivity contribution < 1.29 is 4.79 Å². The Morgan fingerprint density at radius 1 is 1.52 bits per heavy atom. The van der Waals surface area contributed by atoms with Crippen LogP contribution in [0, 0.1) is 25.2 Å². The van der Waals surface area contributed by atoms with E-state index in [4.69, 9.17) is 22.6 Å². The predicted molar refractivity (Wildman–Crippen MR) is 80.9 cm³/mol. The van der Waals surface area contributed by atoms with Gasteiger partial charge in [-0.25, -0.2) is 0 Å². The molecule has 2 aromatic rings. The van der Waals surface area contributed by atoms with Gasteiger partial charge in [0.2, 0.25) is 5.91 Å². The zero-order valence-electron chi connectivity index (χ0n) is 11.6. The quantitative estimate of drug-likeness (QED) is 0.908. The van der Waals surface area contributed by atoms with Gasteiger partial charge >= 0.3 is 0 Å². The van der Waals surface area contributed by atoms with Crippen LogP contribution >= 0.6 is 11.6 Å². The van der Waals surface area contributed by atoms with E-state index >= 15 is 0 Å². The van der Waals surface area contributed by atoms with Crippen molar-refractivity contribution in [3.05, 3.63) is 40.2 Å². The van der Waals surface area contributed by atoms with Gasteiger partial charge in [-0.15, -0.1) is 0 Å². The minimum Gasteiger partial charge on any atom is -0.396 e. The fourth-order valence-corrected chi connectivity index (χ4v) is 2.05. The van der Waals surface area contributed by atoms with Crippen LogP contribution in [0.1, 0.15) is 17.0 Å². The molecule has 108 valence electrons. The van der Waals surface area contributed by atoms with E-state index in [9.17, 15) is 4.79 Å². The highest BCUT2D eigenvalue weighted by molar-refractivity contribution is 6.33. The van der Waals surface area contributed by atoms with E-state index in [1.54, 1.807) is 26.0 Å². The summed E-state index contributed by atoms with van der Waals surface area (Å²) in [5.74, 6) is -0.294. The summed E-state index contributed by atoms with van der Waals surface area (Å²) in [5.41, 5.74) is 8.64. The van der Waals surface area contributed by atoms with E-state index in [2.05, 4.69) is 10.4 Å². The zero-order chi connectivity index (χ0) is 15.6. The van der Waals surface area contributed by atoms with Gasteiger partial charge in [0.05, 0.1) is 39.4 Å². The number of amides is 1. The van der Waals surface area contributed by atoms with Crippen molar-refractivity contribution in [2.45, 2.75) is 20.4 Å². The molecule has 0 saturated heterocycles. The van der Waals surface area contributed by atoms with Crippen LogP contribution in [-0.2, 0) is 11.3 Å². The number of hydrogen-bond donors (Lipinski definition) is 2. The summed E-state index contributed by atoms with van der Waals surface area (Å²) in [5, 5.41) is 16.1. The molecule has 1 aromatic heterocycles. The third-order valence-corrected chi connectivity index (χ3v) is 3.43. The lowest BCUT2D eigenvalue weighted by Crippen LogP contribution is -2.20. The third-order valence-electron chi connectivity index (χ3n) is 3.10. The average molecular weight is 304 g/mol. The number of aromatic nitrogens is 2. The first-order valence-electron chi connectivity index (χ1n) is 6.21. The monoisotopic (exact) mass is 303 g/mol. The summed E-state index contributed by atoms with van der Waals surface area (Å²) < 4.78 is 1.53. The number of carbonyl (C=O) groups excluding carboxylic acids is 1. The molecule has 6 nitrogen and oxygen atoms in total. The van der Waals surface area contributed by atoms with Gasteiger partial charge < -0.3 is 11.1 Å². The zero-order valence-corrected chi connectivity index (χ0v) is 12.4. The number of nitrogens with zero attached hydrogens (tertiary/aromatic N) is 3. The van der Waals surface area contributed by atoms with Gasteiger partial charge in [0.25, 0.3) is 0 Å². The van der Waals surface area contributed by atoms with E-state index in [-0.39, 0.29) is 12.5 Å². The fraction of sp³-hybridized carbons (Fsp3) is 0.214. The molecule has 7 heteroatoms. The normalized spacial score (nSPS) is 10.2. The second-order valence-electron chi connectivity index (χ2n) is 4.60. The molecule has 0 radical (unpaired) electrons. The summed E-state index contributed by atoms with van der Waals surface area (Å²) in [4.78, 5) is 12.1.